The molecule has 0 spiro atoms. The van der Waals surface area contributed by atoms with E-state index in [9.17, 15) is 24.6 Å². The highest BCUT2D eigenvalue weighted by Crippen LogP contribution is 2.11. The van der Waals surface area contributed by atoms with Gasteiger partial charge in [0.05, 0.1) is 17.2 Å². The molecule has 118 valence electrons. The van der Waals surface area contributed by atoms with Crippen LogP contribution in [0.1, 0.15) is 23.3 Å². The molecule has 0 saturated heterocycles. The summed E-state index contributed by atoms with van der Waals surface area (Å²) in [6.07, 6.45) is -0.965. The average Bonchev–Trinajstić information content (AvgIpc) is 2.53. The van der Waals surface area contributed by atoms with Gasteiger partial charge in [-0.15, -0.1) is 0 Å². The van der Waals surface area contributed by atoms with Crippen LogP contribution in [-0.2, 0) is 9.59 Å². The van der Waals surface area contributed by atoms with E-state index in [1.807, 2.05) is 17.6 Å². The largest absolute Gasteiger partial charge is 0.550 e. The standard InChI is InChI=1S/C15H13N3O5/c19-13(20)8-7-12(15(22)23)17-18-14(21)11-6-5-9-3-1-2-4-10(9)16-11/h1-6H,7-8H2,(H,18,21)(H,19,20)(H,22,23)/p-2/b17-12+. The zero-order chi connectivity index (χ0) is 16.8. The molecule has 1 N–H and O–H groups in total. The number of pyridine rings is 1. The summed E-state index contributed by atoms with van der Waals surface area (Å²) in [6, 6.07) is 10.3. The van der Waals surface area contributed by atoms with E-state index in [1.165, 1.54) is 6.07 Å². The number of fused-ring (bicyclic) bond motifs is 1. The number of aliphatic carboxylic acids is 2. The van der Waals surface area contributed by atoms with Gasteiger partial charge >= 0.3 is 0 Å². The summed E-state index contributed by atoms with van der Waals surface area (Å²) in [5, 5.41) is 25.4. The van der Waals surface area contributed by atoms with Crippen LogP contribution in [0.3, 0.4) is 0 Å². The smallest absolute Gasteiger partial charge is 0.289 e. The van der Waals surface area contributed by atoms with Crippen LogP contribution in [0.2, 0.25) is 0 Å². The second-order valence-electron chi connectivity index (χ2n) is 4.55. The van der Waals surface area contributed by atoms with E-state index in [2.05, 4.69) is 10.1 Å². The van der Waals surface area contributed by atoms with E-state index in [1.54, 1.807) is 18.2 Å². The first-order valence-corrected chi connectivity index (χ1v) is 6.61. The minimum Gasteiger partial charge on any atom is -0.550 e. The van der Waals surface area contributed by atoms with Crippen LogP contribution < -0.4 is 15.6 Å². The number of para-hydroxylation sites is 1. The van der Waals surface area contributed by atoms with Gasteiger partial charge in [0.25, 0.3) is 5.91 Å². The van der Waals surface area contributed by atoms with Crippen LogP contribution in [0.4, 0.5) is 0 Å². The van der Waals surface area contributed by atoms with E-state index >= 15 is 0 Å². The Hall–Kier alpha value is -3.29. The van der Waals surface area contributed by atoms with Crippen LogP contribution in [-0.4, -0.2) is 28.5 Å². The Labute approximate surface area is 130 Å². The molecule has 2 aromatic rings. The molecule has 0 saturated carbocycles. The molecule has 23 heavy (non-hydrogen) atoms. The minimum atomic E-state index is -1.67. The summed E-state index contributed by atoms with van der Waals surface area (Å²) in [4.78, 5) is 37.2. The zero-order valence-corrected chi connectivity index (χ0v) is 11.8. The molecule has 2 rings (SSSR count). The normalized spacial score (nSPS) is 11.2. The first-order valence-electron chi connectivity index (χ1n) is 6.61. The fraction of sp³-hybridized carbons (Fsp3) is 0.133. The molecule has 0 bridgehead atoms. The zero-order valence-electron chi connectivity index (χ0n) is 11.8. The predicted molar refractivity (Wildman–Crippen MR) is 75.9 cm³/mol. The average molecular weight is 313 g/mol. The summed E-state index contributed by atoms with van der Waals surface area (Å²) >= 11 is 0. The number of carbonyl (C=O) groups is 3. The quantitative estimate of drug-likeness (QED) is 0.515. The van der Waals surface area contributed by atoms with Gasteiger partial charge in [0.15, 0.2) is 0 Å². The van der Waals surface area contributed by atoms with Gasteiger partial charge in [0.2, 0.25) is 0 Å². The molecule has 8 heteroatoms. The Kier molecular flexibility index (Phi) is 4.98. The van der Waals surface area contributed by atoms with Gasteiger partial charge in [-0.25, -0.2) is 10.4 Å². The second-order valence-corrected chi connectivity index (χ2v) is 4.55. The molecule has 0 unspecified atom stereocenters. The van der Waals surface area contributed by atoms with Crippen molar-refractivity contribution in [1.29, 1.82) is 0 Å². The van der Waals surface area contributed by atoms with E-state index in [4.69, 9.17) is 0 Å². The van der Waals surface area contributed by atoms with E-state index in [0.717, 1.165) is 5.39 Å². The highest BCUT2D eigenvalue weighted by Gasteiger charge is 2.08. The maximum absolute atomic E-state index is 11.9. The first kappa shape index (κ1) is 16.1. The molecular weight excluding hydrogens is 302 g/mol. The van der Waals surface area contributed by atoms with Crippen molar-refractivity contribution >= 4 is 34.5 Å². The predicted octanol–water partition coefficient (Wildman–Crippen LogP) is -1.40. The molecule has 0 aliphatic rings. The third-order valence-corrected chi connectivity index (χ3v) is 2.93. The lowest BCUT2D eigenvalue weighted by atomic mass is 10.2. The number of nitrogens with zero attached hydrogens (tertiary/aromatic N) is 2. The van der Waals surface area contributed by atoms with Crippen molar-refractivity contribution in [3.05, 3.63) is 42.1 Å². The van der Waals surface area contributed by atoms with Gasteiger partial charge < -0.3 is 19.8 Å². The Morgan fingerprint density at radius 3 is 2.48 bits per heavy atom. The molecule has 0 aliphatic carbocycles. The van der Waals surface area contributed by atoms with Crippen molar-refractivity contribution in [2.75, 3.05) is 0 Å². The summed E-state index contributed by atoms with van der Waals surface area (Å²) in [5.41, 5.74) is 2.07. The van der Waals surface area contributed by atoms with Crippen molar-refractivity contribution in [2.45, 2.75) is 12.8 Å². The van der Waals surface area contributed by atoms with Crippen molar-refractivity contribution in [3.8, 4) is 0 Å². The van der Waals surface area contributed by atoms with Gasteiger partial charge in [0.1, 0.15) is 5.69 Å². The Bertz CT molecular complexity index is 801. The number of amides is 1. The lowest BCUT2D eigenvalue weighted by Crippen LogP contribution is -2.35. The number of carboxylic acid groups (broad SMARTS) is 2. The Morgan fingerprint density at radius 2 is 1.78 bits per heavy atom. The van der Waals surface area contributed by atoms with Crippen molar-refractivity contribution < 1.29 is 24.6 Å². The second kappa shape index (κ2) is 7.12. The van der Waals surface area contributed by atoms with Gasteiger partial charge in [-0.05, 0) is 25.0 Å². The molecule has 1 heterocycles. The summed E-state index contributed by atoms with van der Waals surface area (Å²) in [7, 11) is 0. The van der Waals surface area contributed by atoms with E-state index in [-0.39, 0.29) is 5.69 Å². The number of carboxylic acids is 2. The summed E-state index contributed by atoms with van der Waals surface area (Å²) in [6.45, 7) is 0. The number of hydrazone groups is 1. The number of nitrogens with one attached hydrogen (secondary N) is 1. The molecule has 0 radical (unpaired) electrons. The van der Waals surface area contributed by atoms with Gasteiger partial charge in [0, 0.05) is 11.4 Å². The van der Waals surface area contributed by atoms with Gasteiger partial charge in [-0.2, -0.15) is 5.10 Å². The molecule has 8 nitrogen and oxygen atoms in total. The number of carbonyl (C=O) groups excluding carboxylic acids is 3. The number of aromatic nitrogens is 1. The van der Waals surface area contributed by atoms with Crippen LogP contribution in [0, 0.1) is 0 Å². The van der Waals surface area contributed by atoms with Crippen molar-refractivity contribution in [1.82, 2.24) is 10.4 Å². The fourth-order valence-electron chi connectivity index (χ4n) is 1.79. The van der Waals surface area contributed by atoms with Gasteiger partial charge in [-0.1, -0.05) is 24.3 Å². The van der Waals surface area contributed by atoms with Gasteiger partial charge in [-0.3, -0.25) is 4.79 Å². The lowest BCUT2D eigenvalue weighted by molar-refractivity contribution is -0.305. The Morgan fingerprint density at radius 1 is 1.04 bits per heavy atom. The number of rotatable bonds is 6. The van der Waals surface area contributed by atoms with E-state index in [0.29, 0.717) is 5.52 Å². The van der Waals surface area contributed by atoms with Crippen molar-refractivity contribution in [2.24, 2.45) is 5.10 Å². The van der Waals surface area contributed by atoms with Crippen LogP contribution in [0.5, 0.6) is 0 Å². The summed E-state index contributed by atoms with van der Waals surface area (Å²) in [5.74, 6) is -3.82. The molecule has 0 aliphatic heterocycles. The highest BCUT2D eigenvalue weighted by atomic mass is 16.4. The minimum absolute atomic E-state index is 0.0463. The number of hydrogen-bond donors (Lipinski definition) is 1. The number of benzene rings is 1. The molecule has 1 amide bonds. The third kappa shape index (κ3) is 4.34. The first-order chi connectivity index (χ1) is 11.0. The third-order valence-electron chi connectivity index (χ3n) is 2.93. The SMILES string of the molecule is O=C([O-])CC/C(=N\NC(=O)c1ccc2ccccc2n1)C(=O)[O-]. The molecular formula is C15H11N3O5-2. The molecule has 0 atom stereocenters. The maximum atomic E-state index is 11.9. The topological polar surface area (TPSA) is 135 Å². The van der Waals surface area contributed by atoms with Crippen LogP contribution >= 0.6 is 0 Å². The fourth-order valence-corrected chi connectivity index (χ4v) is 1.79. The van der Waals surface area contributed by atoms with Crippen LogP contribution in [0.15, 0.2) is 41.5 Å². The highest BCUT2D eigenvalue weighted by molar-refractivity contribution is 6.34. The molecule has 0 fully saturated rings. The van der Waals surface area contributed by atoms with Crippen LogP contribution in [0.25, 0.3) is 10.9 Å². The number of hydrogen-bond acceptors (Lipinski definition) is 7. The molecule has 1 aromatic carbocycles. The lowest BCUT2D eigenvalue weighted by Gasteiger charge is -2.08. The van der Waals surface area contributed by atoms with Crippen molar-refractivity contribution in [3.63, 3.8) is 0 Å². The van der Waals surface area contributed by atoms with E-state index < -0.39 is 36.4 Å². The Balaban J connectivity index is 2.13. The molecule has 1 aromatic heterocycles. The summed E-state index contributed by atoms with van der Waals surface area (Å²) < 4.78 is 0. The monoisotopic (exact) mass is 313 g/mol. The maximum Gasteiger partial charge on any atom is 0.289 e.